The van der Waals surface area contributed by atoms with Gasteiger partial charge in [0.2, 0.25) is 5.91 Å². The van der Waals surface area contributed by atoms with Crippen LogP contribution in [0.25, 0.3) is 11.3 Å². The topological polar surface area (TPSA) is 84.2 Å². The van der Waals surface area contributed by atoms with Gasteiger partial charge in [0.25, 0.3) is 5.91 Å². The first-order chi connectivity index (χ1) is 16.9. The predicted octanol–water partition coefficient (Wildman–Crippen LogP) is 5.68. The van der Waals surface area contributed by atoms with Gasteiger partial charge in [-0.15, -0.1) is 0 Å². The van der Waals surface area contributed by atoms with Crippen LogP contribution >= 0.6 is 0 Å². The first-order valence-electron chi connectivity index (χ1n) is 11.1. The highest BCUT2D eigenvalue weighted by atomic mass is 19.1. The fourth-order valence-corrected chi connectivity index (χ4v) is 3.56. The minimum atomic E-state index is -0.762. The Morgan fingerprint density at radius 2 is 1.74 bits per heavy atom. The molecule has 8 heteroatoms. The zero-order valence-corrected chi connectivity index (χ0v) is 18.9. The summed E-state index contributed by atoms with van der Waals surface area (Å²) >= 11 is 0. The molecule has 35 heavy (non-hydrogen) atoms. The highest BCUT2D eigenvalue weighted by Crippen LogP contribution is 2.25. The zero-order chi connectivity index (χ0) is 24.8. The Balaban J connectivity index is 1.37. The molecule has 2 amide bonds. The second-order valence-electron chi connectivity index (χ2n) is 7.94. The molecule has 1 aromatic heterocycles. The van der Waals surface area contributed by atoms with Crippen molar-refractivity contribution in [3.63, 3.8) is 0 Å². The molecule has 0 aliphatic rings. The van der Waals surface area contributed by atoms with E-state index in [9.17, 15) is 18.4 Å². The highest BCUT2D eigenvalue weighted by molar-refractivity contribution is 6.03. The molecule has 1 unspecified atom stereocenters. The molecule has 0 aliphatic heterocycles. The Hall–Kier alpha value is -4.33. The number of oxazole rings is 1. The summed E-state index contributed by atoms with van der Waals surface area (Å²) in [4.78, 5) is 29.5. The number of rotatable bonds is 8. The normalized spacial score (nSPS) is 11.6. The van der Waals surface area contributed by atoms with Crippen molar-refractivity contribution in [2.75, 3.05) is 5.32 Å². The van der Waals surface area contributed by atoms with Gasteiger partial charge in [-0.3, -0.25) is 9.59 Å². The van der Waals surface area contributed by atoms with Gasteiger partial charge >= 0.3 is 0 Å². The number of benzene rings is 3. The standard InChI is InChI=1S/C27H23F2N3O3/c1-17(18-7-3-2-4-8-18)31-27(34)21-9-5-6-10-23(21)32-25(33)13-14-26-30-16-24(35-26)20-12-11-19(28)15-22(20)29/h2-12,15-17H,13-14H2,1H3,(H,31,34)(H,32,33). The van der Waals surface area contributed by atoms with Crippen LogP contribution in [0.2, 0.25) is 0 Å². The molecule has 6 nitrogen and oxygen atoms in total. The summed E-state index contributed by atoms with van der Waals surface area (Å²) in [7, 11) is 0. The first kappa shape index (κ1) is 23.8. The van der Waals surface area contributed by atoms with Gasteiger partial charge in [0.1, 0.15) is 11.6 Å². The number of carbonyl (C=O) groups is 2. The monoisotopic (exact) mass is 475 g/mol. The molecule has 178 valence electrons. The van der Waals surface area contributed by atoms with E-state index < -0.39 is 11.6 Å². The van der Waals surface area contributed by atoms with Crippen LogP contribution < -0.4 is 10.6 Å². The molecule has 3 aromatic carbocycles. The van der Waals surface area contributed by atoms with Crippen LogP contribution in [0.5, 0.6) is 0 Å². The van der Waals surface area contributed by atoms with E-state index >= 15 is 0 Å². The number of aromatic nitrogens is 1. The lowest BCUT2D eigenvalue weighted by Crippen LogP contribution is -2.28. The van der Waals surface area contributed by atoms with Gasteiger partial charge in [0, 0.05) is 18.9 Å². The smallest absolute Gasteiger partial charge is 0.253 e. The summed E-state index contributed by atoms with van der Waals surface area (Å²) in [5, 5.41) is 5.70. The van der Waals surface area contributed by atoms with E-state index in [2.05, 4.69) is 15.6 Å². The lowest BCUT2D eigenvalue weighted by atomic mass is 10.1. The number of anilines is 1. The fourth-order valence-electron chi connectivity index (χ4n) is 3.56. The van der Waals surface area contributed by atoms with Crippen molar-refractivity contribution in [2.24, 2.45) is 0 Å². The SMILES string of the molecule is CC(NC(=O)c1ccccc1NC(=O)CCc1ncc(-c2ccc(F)cc2F)o1)c1ccccc1. The van der Waals surface area contributed by atoms with Crippen LogP contribution in [0.3, 0.4) is 0 Å². The molecule has 2 N–H and O–H groups in total. The van der Waals surface area contributed by atoms with Crippen molar-refractivity contribution in [1.29, 1.82) is 0 Å². The molecule has 0 saturated heterocycles. The molecule has 1 atom stereocenters. The van der Waals surface area contributed by atoms with Gasteiger partial charge in [0.05, 0.1) is 29.1 Å². The average Bonchev–Trinajstić information content (AvgIpc) is 3.32. The van der Waals surface area contributed by atoms with Crippen LogP contribution in [-0.2, 0) is 11.2 Å². The minimum Gasteiger partial charge on any atom is -0.441 e. The molecule has 0 radical (unpaired) electrons. The van der Waals surface area contributed by atoms with Gasteiger partial charge in [0.15, 0.2) is 11.7 Å². The summed E-state index contributed by atoms with van der Waals surface area (Å²) < 4.78 is 32.6. The molecular formula is C27H23F2N3O3. The van der Waals surface area contributed by atoms with Crippen LogP contribution in [0.1, 0.15) is 41.2 Å². The van der Waals surface area contributed by atoms with Crippen molar-refractivity contribution < 1.29 is 22.8 Å². The minimum absolute atomic E-state index is 0.0300. The first-order valence-corrected chi connectivity index (χ1v) is 11.1. The number of carbonyl (C=O) groups excluding carboxylic acids is 2. The molecule has 0 aliphatic carbocycles. The van der Waals surface area contributed by atoms with Crippen molar-refractivity contribution in [1.82, 2.24) is 10.3 Å². The maximum atomic E-state index is 14.0. The lowest BCUT2D eigenvalue weighted by Gasteiger charge is -2.16. The number of hydrogen-bond acceptors (Lipinski definition) is 4. The second-order valence-corrected chi connectivity index (χ2v) is 7.94. The lowest BCUT2D eigenvalue weighted by molar-refractivity contribution is -0.116. The van der Waals surface area contributed by atoms with Crippen LogP contribution in [0.15, 0.2) is 83.4 Å². The van der Waals surface area contributed by atoms with Gasteiger partial charge in [-0.05, 0) is 36.8 Å². The highest BCUT2D eigenvalue weighted by Gasteiger charge is 2.17. The van der Waals surface area contributed by atoms with E-state index in [0.717, 1.165) is 17.7 Å². The third kappa shape index (κ3) is 5.97. The van der Waals surface area contributed by atoms with E-state index in [4.69, 9.17) is 4.42 Å². The molecule has 0 bridgehead atoms. The van der Waals surface area contributed by atoms with E-state index in [-0.39, 0.29) is 47.9 Å². The third-order valence-electron chi connectivity index (χ3n) is 5.41. The number of aryl methyl sites for hydroxylation is 1. The summed E-state index contributed by atoms with van der Waals surface area (Å²) in [6, 6.07) is 19.3. The number of para-hydroxylation sites is 1. The molecule has 0 saturated carbocycles. The summed E-state index contributed by atoms with van der Waals surface area (Å²) in [5.74, 6) is -1.72. The number of hydrogen-bond donors (Lipinski definition) is 2. The molecule has 1 heterocycles. The quantitative estimate of drug-likeness (QED) is 0.343. The summed E-state index contributed by atoms with van der Waals surface area (Å²) in [6.45, 7) is 1.89. The van der Waals surface area contributed by atoms with E-state index in [1.54, 1.807) is 24.3 Å². The fraction of sp³-hybridized carbons (Fsp3) is 0.148. The maximum Gasteiger partial charge on any atom is 0.253 e. The Morgan fingerprint density at radius 3 is 2.51 bits per heavy atom. The number of halogens is 2. The van der Waals surface area contributed by atoms with Gasteiger partial charge in [-0.25, -0.2) is 13.8 Å². The zero-order valence-electron chi connectivity index (χ0n) is 18.9. The van der Waals surface area contributed by atoms with Crippen LogP contribution in [0, 0.1) is 11.6 Å². The molecular weight excluding hydrogens is 452 g/mol. The Bertz CT molecular complexity index is 1340. The Labute approximate surface area is 201 Å². The second kappa shape index (κ2) is 10.7. The van der Waals surface area contributed by atoms with Crippen molar-refractivity contribution in [3.05, 3.63) is 108 Å². The van der Waals surface area contributed by atoms with E-state index in [1.165, 1.54) is 12.3 Å². The van der Waals surface area contributed by atoms with Crippen molar-refractivity contribution >= 4 is 17.5 Å². The van der Waals surface area contributed by atoms with Gasteiger partial charge in [-0.1, -0.05) is 42.5 Å². The predicted molar refractivity (Wildman–Crippen MR) is 128 cm³/mol. The summed E-state index contributed by atoms with van der Waals surface area (Å²) in [5.41, 5.74) is 1.78. The van der Waals surface area contributed by atoms with Gasteiger partial charge < -0.3 is 15.1 Å². The number of amides is 2. The third-order valence-corrected chi connectivity index (χ3v) is 5.41. The summed E-state index contributed by atoms with van der Waals surface area (Å²) in [6.07, 6.45) is 1.52. The van der Waals surface area contributed by atoms with Crippen molar-refractivity contribution in [2.45, 2.75) is 25.8 Å². The molecule has 0 fully saturated rings. The molecule has 0 spiro atoms. The Morgan fingerprint density at radius 1 is 1.00 bits per heavy atom. The van der Waals surface area contributed by atoms with Crippen LogP contribution in [0.4, 0.5) is 14.5 Å². The number of nitrogens with zero attached hydrogens (tertiary/aromatic N) is 1. The van der Waals surface area contributed by atoms with E-state index in [0.29, 0.717) is 11.3 Å². The van der Waals surface area contributed by atoms with Crippen LogP contribution in [-0.4, -0.2) is 16.8 Å². The van der Waals surface area contributed by atoms with E-state index in [1.807, 2.05) is 37.3 Å². The molecule has 4 aromatic rings. The average molecular weight is 475 g/mol. The largest absolute Gasteiger partial charge is 0.441 e. The number of nitrogens with one attached hydrogen (secondary N) is 2. The Kier molecular flexibility index (Phi) is 7.30. The van der Waals surface area contributed by atoms with Crippen molar-refractivity contribution in [3.8, 4) is 11.3 Å². The molecule has 4 rings (SSSR count). The van der Waals surface area contributed by atoms with Gasteiger partial charge in [-0.2, -0.15) is 0 Å². The maximum absolute atomic E-state index is 14.0.